The van der Waals surface area contributed by atoms with E-state index in [0.29, 0.717) is 16.0 Å². The highest BCUT2D eigenvalue weighted by molar-refractivity contribution is 6.04. The molecule has 0 aliphatic heterocycles. The smallest absolute Gasteiger partial charge is 0.422 e. The highest BCUT2D eigenvalue weighted by atomic mass is 16.6. The first-order valence-corrected chi connectivity index (χ1v) is 11.5. The number of rotatable bonds is 9. The first-order valence-electron chi connectivity index (χ1n) is 11.5. The maximum atomic E-state index is 12.6. The lowest BCUT2D eigenvalue weighted by atomic mass is 10.1. The second-order valence-corrected chi connectivity index (χ2v) is 8.26. The van der Waals surface area contributed by atoms with Gasteiger partial charge in [0.1, 0.15) is 18.1 Å². The summed E-state index contributed by atoms with van der Waals surface area (Å²) < 4.78 is 10.1. The van der Waals surface area contributed by atoms with E-state index in [1.807, 2.05) is 0 Å². The van der Waals surface area contributed by atoms with Crippen molar-refractivity contribution in [2.45, 2.75) is 6.92 Å². The number of amides is 1. The summed E-state index contributed by atoms with van der Waals surface area (Å²) in [6, 6.07) is 16.9. The molecule has 12 nitrogen and oxygen atoms in total. The van der Waals surface area contributed by atoms with Gasteiger partial charge in [-0.3, -0.25) is 15.1 Å². The summed E-state index contributed by atoms with van der Waals surface area (Å²) in [6.45, 7) is 0.547. The number of nitrogen functional groups attached to an aromatic ring is 1. The maximum absolute atomic E-state index is 12.6. The summed E-state index contributed by atoms with van der Waals surface area (Å²) in [5.74, 6) is -4.12. The van der Waals surface area contributed by atoms with Crippen molar-refractivity contribution in [3.05, 3.63) is 101 Å². The number of ether oxygens (including phenoxy) is 2. The number of amidine groups is 1. The largest absolute Gasteiger partial charge is 0.480 e. The van der Waals surface area contributed by atoms with Crippen LogP contribution < -0.4 is 15.4 Å². The highest BCUT2D eigenvalue weighted by Gasteiger charge is 2.24. The Morgan fingerprint density at radius 3 is 1.93 bits per heavy atom. The molecule has 0 aliphatic carbocycles. The average molecular weight is 546 g/mol. The first-order chi connectivity index (χ1) is 18.9. The number of nitrogens with one attached hydrogen (secondary N) is 1. The van der Waals surface area contributed by atoms with E-state index in [1.54, 1.807) is 12.1 Å². The molecule has 3 aromatic carbocycles. The number of aliphatic carboxylic acids is 1. The predicted octanol–water partition coefficient (Wildman–Crippen LogP) is 3.55. The Hall–Kier alpha value is -5.78. The minimum Gasteiger partial charge on any atom is -0.480 e. The quantitative estimate of drug-likeness (QED) is 0.0770. The first kappa shape index (κ1) is 28.8. The average Bonchev–Trinajstić information content (AvgIpc) is 2.92. The van der Waals surface area contributed by atoms with E-state index in [0.717, 1.165) is 0 Å². The molecule has 0 spiro atoms. The van der Waals surface area contributed by atoms with Crippen LogP contribution in [0.25, 0.3) is 6.08 Å². The minimum absolute atomic E-state index is 0.00531. The van der Waals surface area contributed by atoms with Gasteiger partial charge >= 0.3 is 30.0 Å². The number of anilines is 1. The monoisotopic (exact) mass is 545 g/mol. The standard InChI is InChI=1S/C28H23N3O9/c1-16(26(36)40-28(38)31(15-23(32)33)21-10-6-19(7-11-21)25(34)35)14-17-2-4-20(5-3-17)27(37)39-22-12-8-18(9-13-22)24(29)30/h2-14H,15H2,1H3,(H3,29,30)(H,32,33)(H,34,35). The third-order valence-electron chi connectivity index (χ3n) is 5.35. The lowest BCUT2D eigenvalue weighted by molar-refractivity contribution is -0.136. The topological polar surface area (TPSA) is 197 Å². The Bertz CT molecular complexity index is 1490. The Balaban J connectivity index is 1.66. The lowest BCUT2D eigenvalue weighted by Crippen LogP contribution is -2.37. The van der Waals surface area contributed by atoms with Gasteiger partial charge in [0.15, 0.2) is 0 Å². The molecule has 0 bridgehead atoms. The Morgan fingerprint density at radius 2 is 1.40 bits per heavy atom. The van der Waals surface area contributed by atoms with Crippen molar-refractivity contribution in [1.82, 2.24) is 0 Å². The van der Waals surface area contributed by atoms with Crippen molar-refractivity contribution >= 4 is 47.6 Å². The molecule has 0 unspecified atom stereocenters. The maximum Gasteiger partial charge on any atom is 0.422 e. The van der Waals surface area contributed by atoms with E-state index < -0.39 is 36.5 Å². The van der Waals surface area contributed by atoms with Crippen molar-refractivity contribution in [3.63, 3.8) is 0 Å². The van der Waals surface area contributed by atoms with E-state index in [-0.39, 0.29) is 34.0 Å². The van der Waals surface area contributed by atoms with E-state index >= 15 is 0 Å². The molecule has 12 heteroatoms. The fourth-order valence-electron chi connectivity index (χ4n) is 3.29. The SMILES string of the molecule is CC(=Cc1ccc(C(=O)Oc2ccc(C(=N)N)cc2)cc1)C(=O)OC(=O)N(CC(=O)O)c1ccc(C(=O)O)cc1. The molecule has 5 N–H and O–H groups in total. The van der Waals surface area contributed by atoms with Gasteiger partial charge in [0.05, 0.1) is 11.1 Å². The molecule has 0 aromatic heterocycles. The highest BCUT2D eigenvalue weighted by Crippen LogP contribution is 2.19. The normalized spacial score (nSPS) is 10.8. The van der Waals surface area contributed by atoms with Crippen LogP contribution in [0.3, 0.4) is 0 Å². The number of nitrogens with two attached hydrogens (primary N) is 1. The molecule has 0 aliphatic rings. The van der Waals surface area contributed by atoms with Gasteiger partial charge in [-0.1, -0.05) is 12.1 Å². The number of benzene rings is 3. The van der Waals surface area contributed by atoms with Gasteiger partial charge in [0.25, 0.3) is 0 Å². The number of carboxylic acids is 2. The van der Waals surface area contributed by atoms with Gasteiger partial charge < -0.3 is 25.4 Å². The lowest BCUT2D eigenvalue weighted by Gasteiger charge is -2.19. The molecule has 3 rings (SSSR count). The Labute approximate surface area is 227 Å². The van der Waals surface area contributed by atoms with Gasteiger partial charge in [-0.25, -0.2) is 19.2 Å². The molecule has 40 heavy (non-hydrogen) atoms. The van der Waals surface area contributed by atoms with Gasteiger partial charge in [0, 0.05) is 16.8 Å². The number of carbonyl (C=O) groups excluding carboxylic acids is 3. The van der Waals surface area contributed by atoms with Gasteiger partial charge in [-0.15, -0.1) is 0 Å². The molecular formula is C28H23N3O9. The third kappa shape index (κ3) is 7.61. The number of esters is 2. The molecule has 1 amide bonds. The van der Waals surface area contributed by atoms with Crippen LogP contribution in [0.5, 0.6) is 5.75 Å². The van der Waals surface area contributed by atoms with Crippen LogP contribution in [0.2, 0.25) is 0 Å². The summed E-state index contributed by atoms with van der Waals surface area (Å²) in [7, 11) is 0. The van der Waals surface area contributed by atoms with Gasteiger partial charge in [-0.05, 0) is 79.2 Å². The van der Waals surface area contributed by atoms with Gasteiger partial charge in [-0.2, -0.15) is 0 Å². The van der Waals surface area contributed by atoms with E-state index in [1.165, 1.54) is 73.7 Å². The van der Waals surface area contributed by atoms with E-state index in [4.69, 9.17) is 30.8 Å². The minimum atomic E-state index is -1.38. The fraction of sp³-hybridized carbons (Fsp3) is 0.0714. The Kier molecular flexibility index (Phi) is 9.10. The fourth-order valence-corrected chi connectivity index (χ4v) is 3.29. The second kappa shape index (κ2) is 12.6. The number of carboxylic acid groups (broad SMARTS) is 2. The van der Waals surface area contributed by atoms with Crippen LogP contribution >= 0.6 is 0 Å². The van der Waals surface area contributed by atoms with Crippen molar-refractivity contribution in [2.75, 3.05) is 11.4 Å². The summed E-state index contributed by atoms with van der Waals surface area (Å²) >= 11 is 0. The second-order valence-electron chi connectivity index (χ2n) is 8.26. The third-order valence-corrected chi connectivity index (χ3v) is 5.35. The van der Waals surface area contributed by atoms with Crippen LogP contribution in [0.1, 0.15) is 38.8 Å². The van der Waals surface area contributed by atoms with E-state index in [2.05, 4.69) is 0 Å². The molecule has 0 atom stereocenters. The van der Waals surface area contributed by atoms with Crippen LogP contribution in [-0.4, -0.2) is 52.6 Å². The molecule has 3 aromatic rings. The predicted molar refractivity (Wildman–Crippen MR) is 142 cm³/mol. The van der Waals surface area contributed by atoms with Crippen LogP contribution in [0, 0.1) is 5.41 Å². The number of hydrogen-bond donors (Lipinski definition) is 4. The summed E-state index contributed by atoms with van der Waals surface area (Å²) in [5, 5.41) is 25.6. The molecular weight excluding hydrogens is 522 g/mol. The van der Waals surface area contributed by atoms with Crippen LogP contribution in [0.4, 0.5) is 10.5 Å². The summed E-state index contributed by atoms with van der Waals surface area (Å²) in [5.41, 5.74) is 6.55. The van der Waals surface area contributed by atoms with Crippen molar-refractivity contribution in [1.29, 1.82) is 5.41 Å². The molecule has 0 heterocycles. The molecule has 0 saturated carbocycles. The van der Waals surface area contributed by atoms with Gasteiger partial charge in [0.2, 0.25) is 0 Å². The van der Waals surface area contributed by atoms with Crippen LogP contribution in [-0.2, 0) is 14.3 Å². The zero-order valence-electron chi connectivity index (χ0n) is 21.0. The Morgan fingerprint density at radius 1 is 0.850 bits per heavy atom. The zero-order chi connectivity index (χ0) is 29.4. The zero-order valence-corrected chi connectivity index (χ0v) is 21.0. The number of hydrogen-bond acceptors (Lipinski definition) is 8. The summed E-state index contributed by atoms with van der Waals surface area (Å²) in [4.78, 5) is 60.5. The number of aromatic carboxylic acids is 1. The number of nitrogens with zero attached hydrogens (tertiary/aromatic N) is 1. The van der Waals surface area contributed by atoms with Crippen molar-refractivity contribution < 1.29 is 43.7 Å². The molecule has 204 valence electrons. The molecule has 0 saturated heterocycles. The van der Waals surface area contributed by atoms with Crippen molar-refractivity contribution in [3.8, 4) is 5.75 Å². The van der Waals surface area contributed by atoms with E-state index in [9.17, 15) is 24.0 Å². The van der Waals surface area contributed by atoms with Crippen molar-refractivity contribution in [2.24, 2.45) is 5.73 Å². The molecule has 0 radical (unpaired) electrons. The molecule has 0 fully saturated rings. The summed E-state index contributed by atoms with van der Waals surface area (Å²) in [6.07, 6.45) is 0.131. The number of carbonyl (C=O) groups is 5. The van der Waals surface area contributed by atoms with Crippen LogP contribution in [0.15, 0.2) is 78.4 Å².